The van der Waals surface area contributed by atoms with Gasteiger partial charge in [0.25, 0.3) is 11.8 Å². The maximum absolute atomic E-state index is 14.1. The van der Waals surface area contributed by atoms with E-state index < -0.39 is 40.8 Å². The van der Waals surface area contributed by atoms with Gasteiger partial charge in [0.15, 0.2) is 5.69 Å². The van der Waals surface area contributed by atoms with Crippen LogP contribution in [0.1, 0.15) is 26.4 Å². The molecule has 1 heterocycles. The summed E-state index contributed by atoms with van der Waals surface area (Å²) in [5, 5.41) is 5.85. The second kappa shape index (κ2) is 8.38. The number of halogens is 5. The number of hydrogen-bond acceptors (Lipinski definition) is 3. The summed E-state index contributed by atoms with van der Waals surface area (Å²) in [5.41, 5.74) is -2.65. The Kier molecular flexibility index (Phi) is 6.03. The molecule has 162 valence electrons. The lowest BCUT2D eigenvalue weighted by Gasteiger charge is -2.14. The number of alkyl halides is 3. The van der Waals surface area contributed by atoms with Crippen LogP contribution in [0.5, 0.6) is 0 Å². The fraction of sp³-hybridized carbons (Fsp3) is 0.150. The van der Waals surface area contributed by atoms with Crippen molar-refractivity contribution in [2.75, 3.05) is 19.4 Å². The predicted octanol–water partition coefficient (Wildman–Crippen LogP) is 4.64. The zero-order chi connectivity index (χ0) is 22.9. The topological polar surface area (TPSA) is 67.2 Å². The summed E-state index contributed by atoms with van der Waals surface area (Å²) < 4.78 is 55.6. The molecule has 0 aliphatic rings. The van der Waals surface area contributed by atoms with Crippen LogP contribution in [0, 0.1) is 5.82 Å². The first kappa shape index (κ1) is 22.3. The van der Waals surface area contributed by atoms with E-state index in [4.69, 9.17) is 11.6 Å². The first-order valence-corrected chi connectivity index (χ1v) is 9.11. The van der Waals surface area contributed by atoms with Gasteiger partial charge in [-0.1, -0.05) is 23.7 Å². The zero-order valence-electron chi connectivity index (χ0n) is 16.2. The van der Waals surface area contributed by atoms with Crippen molar-refractivity contribution >= 4 is 29.1 Å². The molecule has 3 rings (SSSR count). The van der Waals surface area contributed by atoms with Crippen LogP contribution in [-0.4, -0.2) is 40.6 Å². The highest BCUT2D eigenvalue weighted by Gasteiger charge is 2.41. The molecule has 0 saturated carbocycles. The SMILES string of the molecule is CN(C)C(=O)c1ccc(Cl)c(NC(=O)c2cnn(-c3ccccc3F)c2C(F)(F)F)c1. The highest BCUT2D eigenvalue weighted by molar-refractivity contribution is 6.34. The average Bonchev–Trinajstić information content (AvgIpc) is 3.15. The van der Waals surface area contributed by atoms with E-state index in [0.29, 0.717) is 10.9 Å². The summed E-state index contributed by atoms with van der Waals surface area (Å²) in [4.78, 5) is 26.1. The Morgan fingerprint density at radius 1 is 1.13 bits per heavy atom. The Bertz CT molecular complexity index is 1160. The maximum Gasteiger partial charge on any atom is 0.434 e. The van der Waals surface area contributed by atoms with Crippen LogP contribution in [-0.2, 0) is 6.18 Å². The Balaban J connectivity index is 2.03. The van der Waals surface area contributed by atoms with Crippen LogP contribution in [0.25, 0.3) is 5.69 Å². The van der Waals surface area contributed by atoms with E-state index in [9.17, 15) is 27.2 Å². The molecular formula is C20H15ClF4N4O2. The summed E-state index contributed by atoms with van der Waals surface area (Å²) in [6, 6.07) is 8.73. The minimum atomic E-state index is -5.02. The van der Waals surface area contributed by atoms with Gasteiger partial charge >= 0.3 is 6.18 Å². The van der Waals surface area contributed by atoms with Gasteiger partial charge in [-0.3, -0.25) is 9.59 Å². The van der Waals surface area contributed by atoms with Crippen molar-refractivity contribution in [3.05, 3.63) is 76.3 Å². The van der Waals surface area contributed by atoms with Crippen molar-refractivity contribution in [1.82, 2.24) is 14.7 Å². The van der Waals surface area contributed by atoms with Gasteiger partial charge in [0.2, 0.25) is 0 Å². The zero-order valence-corrected chi connectivity index (χ0v) is 16.9. The fourth-order valence-corrected chi connectivity index (χ4v) is 2.96. The Morgan fingerprint density at radius 2 is 1.81 bits per heavy atom. The van der Waals surface area contributed by atoms with Gasteiger partial charge in [-0.2, -0.15) is 18.3 Å². The molecule has 0 radical (unpaired) electrons. The van der Waals surface area contributed by atoms with Gasteiger partial charge in [-0.15, -0.1) is 0 Å². The van der Waals surface area contributed by atoms with E-state index in [2.05, 4.69) is 10.4 Å². The third kappa shape index (κ3) is 4.53. The third-order valence-electron chi connectivity index (χ3n) is 4.23. The van der Waals surface area contributed by atoms with E-state index >= 15 is 0 Å². The van der Waals surface area contributed by atoms with Crippen molar-refractivity contribution in [1.29, 1.82) is 0 Å². The molecule has 1 aromatic heterocycles. The number of benzene rings is 2. The molecular weight excluding hydrogens is 440 g/mol. The van der Waals surface area contributed by atoms with Gasteiger partial charge in [-0.25, -0.2) is 9.07 Å². The number of aromatic nitrogens is 2. The van der Waals surface area contributed by atoms with E-state index in [1.165, 1.54) is 49.3 Å². The lowest BCUT2D eigenvalue weighted by atomic mass is 10.1. The second-order valence-electron chi connectivity index (χ2n) is 6.62. The summed E-state index contributed by atoms with van der Waals surface area (Å²) >= 11 is 6.03. The van der Waals surface area contributed by atoms with Crippen LogP contribution in [0.4, 0.5) is 23.2 Å². The van der Waals surface area contributed by atoms with Crippen LogP contribution in [0.3, 0.4) is 0 Å². The molecule has 0 fully saturated rings. The highest BCUT2D eigenvalue weighted by Crippen LogP contribution is 2.35. The molecule has 1 N–H and O–H groups in total. The lowest BCUT2D eigenvalue weighted by Crippen LogP contribution is -2.23. The summed E-state index contributed by atoms with van der Waals surface area (Å²) in [6.07, 6.45) is -4.33. The molecule has 0 atom stereocenters. The number of anilines is 1. The Hall–Kier alpha value is -3.40. The summed E-state index contributed by atoms with van der Waals surface area (Å²) in [6.45, 7) is 0. The molecule has 3 aromatic rings. The van der Waals surface area contributed by atoms with E-state index in [-0.39, 0.29) is 16.3 Å². The number of para-hydroxylation sites is 1. The van der Waals surface area contributed by atoms with Gasteiger partial charge in [-0.05, 0) is 30.3 Å². The van der Waals surface area contributed by atoms with Crippen LogP contribution in [0.15, 0.2) is 48.7 Å². The van der Waals surface area contributed by atoms with Gasteiger partial charge < -0.3 is 10.2 Å². The molecule has 0 unspecified atom stereocenters. The summed E-state index contributed by atoms with van der Waals surface area (Å²) in [7, 11) is 3.03. The van der Waals surface area contributed by atoms with Crippen molar-refractivity contribution < 1.29 is 27.2 Å². The molecule has 0 aliphatic heterocycles. The first-order chi connectivity index (χ1) is 14.5. The number of hydrogen-bond donors (Lipinski definition) is 1. The quantitative estimate of drug-likeness (QED) is 0.584. The smallest absolute Gasteiger partial charge is 0.345 e. The number of rotatable bonds is 4. The number of carbonyl (C=O) groups excluding carboxylic acids is 2. The van der Waals surface area contributed by atoms with Crippen LogP contribution in [0.2, 0.25) is 5.02 Å². The molecule has 2 aromatic carbocycles. The minimum Gasteiger partial charge on any atom is -0.345 e. The Labute approximate surface area is 179 Å². The molecule has 31 heavy (non-hydrogen) atoms. The number of nitrogens with zero attached hydrogens (tertiary/aromatic N) is 3. The van der Waals surface area contributed by atoms with Crippen LogP contribution >= 0.6 is 11.6 Å². The van der Waals surface area contributed by atoms with E-state index in [1.54, 1.807) is 0 Å². The normalized spacial score (nSPS) is 11.3. The van der Waals surface area contributed by atoms with Crippen LogP contribution < -0.4 is 5.32 Å². The maximum atomic E-state index is 14.1. The number of nitrogens with one attached hydrogen (secondary N) is 1. The molecule has 6 nitrogen and oxygen atoms in total. The van der Waals surface area contributed by atoms with Gasteiger partial charge in [0.1, 0.15) is 11.5 Å². The largest absolute Gasteiger partial charge is 0.434 e. The Morgan fingerprint density at radius 3 is 2.42 bits per heavy atom. The fourth-order valence-electron chi connectivity index (χ4n) is 2.80. The average molecular weight is 455 g/mol. The van der Waals surface area contributed by atoms with Gasteiger partial charge in [0.05, 0.1) is 22.5 Å². The first-order valence-electron chi connectivity index (χ1n) is 8.73. The number of amides is 2. The predicted molar refractivity (Wildman–Crippen MR) is 106 cm³/mol. The molecule has 0 saturated heterocycles. The van der Waals surface area contributed by atoms with Crippen molar-refractivity contribution in [2.45, 2.75) is 6.18 Å². The molecule has 11 heteroatoms. The van der Waals surface area contributed by atoms with Crippen molar-refractivity contribution in [2.24, 2.45) is 0 Å². The molecule has 0 aliphatic carbocycles. The van der Waals surface area contributed by atoms with E-state index in [0.717, 1.165) is 12.1 Å². The number of carbonyl (C=O) groups is 2. The van der Waals surface area contributed by atoms with Gasteiger partial charge in [0, 0.05) is 19.7 Å². The van der Waals surface area contributed by atoms with Crippen molar-refractivity contribution in [3.8, 4) is 5.69 Å². The summed E-state index contributed by atoms with van der Waals surface area (Å²) in [5.74, 6) is -2.51. The monoisotopic (exact) mass is 454 g/mol. The third-order valence-corrected chi connectivity index (χ3v) is 4.56. The molecule has 2 amide bonds. The molecule has 0 spiro atoms. The highest BCUT2D eigenvalue weighted by atomic mass is 35.5. The van der Waals surface area contributed by atoms with Crippen molar-refractivity contribution in [3.63, 3.8) is 0 Å². The lowest BCUT2D eigenvalue weighted by molar-refractivity contribution is -0.143. The minimum absolute atomic E-state index is 0.0127. The van der Waals surface area contributed by atoms with E-state index in [1.807, 2.05) is 0 Å². The standard InChI is InChI=1S/C20H15ClF4N4O2/c1-28(2)19(31)11-7-8-13(21)15(9-11)27-18(30)12-10-26-29(17(12)20(23,24)25)16-6-4-3-5-14(16)22/h3-10H,1-2H3,(H,27,30). The molecule has 0 bridgehead atoms. The second-order valence-corrected chi connectivity index (χ2v) is 7.02.